The van der Waals surface area contributed by atoms with Crippen molar-refractivity contribution in [3.05, 3.63) is 76.4 Å². The number of hydrogen-bond acceptors (Lipinski definition) is 4. The largest absolute Gasteiger partial charge is 0.467 e. The Morgan fingerprint density at radius 2 is 1.83 bits per heavy atom. The van der Waals surface area contributed by atoms with Crippen LogP contribution >= 0.6 is 11.3 Å². The van der Waals surface area contributed by atoms with Gasteiger partial charge < -0.3 is 15.1 Å². The summed E-state index contributed by atoms with van der Waals surface area (Å²) in [6.07, 6.45) is 1.57. The molecule has 122 valence electrons. The first kappa shape index (κ1) is 16.0. The second-order valence-electron chi connectivity index (χ2n) is 5.22. The van der Waals surface area contributed by atoms with Crippen LogP contribution in [-0.4, -0.2) is 11.8 Å². The van der Waals surface area contributed by atoms with Crippen LogP contribution in [-0.2, 0) is 0 Å². The summed E-state index contributed by atoms with van der Waals surface area (Å²) in [5.74, 6) is 0.340. The van der Waals surface area contributed by atoms with Gasteiger partial charge in [-0.3, -0.25) is 9.59 Å². The van der Waals surface area contributed by atoms with Crippen molar-refractivity contribution in [3.8, 4) is 0 Å². The molecule has 2 heterocycles. The smallest absolute Gasteiger partial charge is 0.265 e. The zero-order chi connectivity index (χ0) is 16.9. The highest BCUT2D eigenvalue weighted by atomic mass is 32.1. The van der Waals surface area contributed by atoms with Crippen molar-refractivity contribution >= 4 is 28.8 Å². The Morgan fingerprint density at radius 1 is 1.04 bits per heavy atom. The summed E-state index contributed by atoms with van der Waals surface area (Å²) in [5.41, 5.74) is 1.16. The maximum Gasteiger partial charge on any atom is 0.265 e. The molecule has 2 amide bonds. The van der Waals surface area contributed by atoms with Crippen molar-refractivity contribution in [1.82, 2.24) is 5.32 Å². The average molecular weight is 340 g/mol. The molecule has 5 nitrogen and oxygen atoms in total. The number of thiophene rings is 1. The van der Waals surface area contributed by atoms with Crippen LogP contribution in [0.25, 0.3) is 0 Å². The fourth-order valence-electron chi connectivity index (χ4n) is 2.19. The summed E-state index contributed by atoms with van der Waals surface area (Å²) in [6, 6.07) is 13.7. The predicted molar refractivity (Wildman–Crippen MR) is 93.3 cm³/mol. The van der Waals surface area contributed by atoms with Gasteiger partial charge in [0.2, 0.25) is 0 Å². The molecule has 1 unspecified atom stereocenters. The fourth-order valence-corrected chi connectivity index (χ4v) is 2.81. The first-order chi connectivity index (χ1) is 11.6. The molecule has 0 saturated heterocycles. The van der Waals surface area contributed by atoms with E-state index in [1.807, 2.05) is 24.4 Å². The van der Waals surface area contributed by atoms with E-state index >= 15 is 0 Å². The van der Waals surface area contributed by atoms with E-state index in [9.17, 15) is 9.59 Å². The van der Waals surface area contributed by atoms with Gasteiger partial charge >= 0.3 is 0 Å². The van der Waals surface area contributed by atoms with Crippen LogP contribution in [0.2, 0.25) is 0 Å². The van der Waals surface area contributed by atoms with E-state index in [0.29, 0.717) is 21.9 Å². The molecule has 0 aliphatic rings. The van der Waals surface area contributed by atoms with E-state index in [1.165, 1.54) is 11.3 Å². The number of rotatable bonds is 5. The summed E-state index contributed by atoms with van der Waals surface area (Å²) in [5, 5.41) is 7.51. The first-order valence-corrected chi connectivity index (χ1v) is 8.30. The predicted octanol–water partition coefficient (Wildman–Crippen LogP) is 4.08. The number of hydrogen-bond donors (Lipinski definition) is 2. The third kappa shape index (κ3) is 3.72. The average Bonchev–Trinajstić information content (AvgIpc) is 3.29. The second-order valence-corrected chi connectivity index (χ2v) is 6.17. The minimum Gasteiger partial charge on any atom is -0.467 e. The quantitative estimate of drug-likeness (QED) is 0.735. The van der Waals surface area contributed by atoms with E-state index in [0.717, 1.165) is 0 Å². The zero-order valence-corrected chi connectivity index (χ0v) is 13.8. The summed E-state index contributed by atoms with van der Waals surface area (Å²) < 4.78 is 5.27. The number of carbonyl (C=O) groups is 2. The topological polar surface area (TPSA) is 71.3 Å². The van der Waals surface area contributed by atoms with Crippen molar-refractivity contribution in [2.24, 2.45) is 0 Å². The molecule has 0 aliphatic carbocycles. The van der Waals surface area contributed by atoms with Gasteiger partial charge in [0.25, 0.3) is 11.8 Å². The van der Waals surface area contributed by atoms with Crippen LogP contribution in [0.4, 0.5) is 5.69 Å². The lowest BCUT2D eigenvalue weighted by molar-refractivity contribution is 0.0935. The molecule has 2 N–H and O–H groups in total. The van der Waals surface area contributed by atoms with E-state index in [-0.39, 0.29) is 17.9 Å². The molecule has 24 heavy (non-hydrogen) atoms. The first-order valence-electron chi connectivity index (χ1n) is 7.42. The maximum absolute atomic E-state index is 12.2. The Hall–Kier alpha value is -2.86. The lowest BCUT2D eigenvalue weighted by Crippen LogP contribution is -2.26. The van der Waals surface area contributed by atoms with Crippen LogP contribution in [0.5, 0.6) is 0 Å². The van der Waals surface area contributed by atoms with E-state index in [1.54, 1.807) is 42.7 Å². The summed E-state index contributed by atoms with van der Waals surface area (Å²) in [6.45, 7) is 1.85. The van der Waals surface area contributed by atoms with Crippen molar-refractivity contribution in [1.29, 1.82) is 0 Å². The SMILES string of the molecule is CC(NC(=O)c1ccc(NC(=O)c2cccs2)cc1)c1ccco1. The van der Waals surface area contributed by atoms with Gasteiger partial charge in [-0.05, 0) is 54.8 Å². The molecule has 2 aromatic heterocycles. The number of benzene rings is 1. The second kappa shape index (κ2) is 7.14. The van der Waals surface area contributed by atoms with Crippen LogP contribution in [0.3, 0.4) is 0 Å². The Bertz CT molecular complexity index is 809. The molecular formula is C18H16N2O3S. The number of amides is 2. The van der Waals surface area contributed by atoms with E-state index in [4.69, 9.17) is 4.42 Å². The monoisotopic (exact) mass is 340 g/mol. The lowest BCUT2D eigenvalue weighted by Gasteiger charge is -2.12. The number of nitrogens with one attached hydrogen (secondary N) is 2. The van der Waals surface area contributed by atoms with Gasteiger partial charge in [0, 0.05) is 11.3 Å². The zero-order valence-electron chi connectivity index (χ0n) is 13.0. The number of carbonyl (C=O) groups excluding carboxylic acids is 2. The fraction of sp³-hybridized carbons (Fsp3) is 0.111. The number of furan rings is 1. The van der Waals surface area contributed by atoms with Crippen molar-refractivity contribution in [3.63, 3.8) is 0 Å². The molecule has 3 aromatic rings. The van der Waals surface area contributed by atoms with E-state index in [2.05, 4.69) is 10.6 Å². The minimum atomic E-state index is -0.217. The van der Waals surface area contributed by atoms with Crippen molar-refractivity contribution in [2.75, 3.05) is 5.32 Å². The van der Waals surface area contributed by atoms with Gasteiger partial charge in [-0.15, -0.1) is 11.3 Å². The Balaban J connectivity index is 1.61. The molecule has 3 rings (SSSR count). The molecule has 0 fully saturated rings. The standard InChI is InChI=1S/C18H16N2O3S/c1-12(15-4-2-10-23-15)19-17(21)13-6-8-14(9-7-13)20-18(22)16-5-3-11-24-16/h2-12H,1H3,(H,19,21)(H,20,22). The summed E-state index contributed by atoms with van der Waals surface area (Å²) >= 11 is 1.38. The van der Waals surface area contributed by atoms with Gasteiger partial charge in [-0.2, -0.15) is 0 Å². The Kier molecular flexibility index (Phi) is 4.77. The van der Waals surface area contributed by atoms with E-state index < -0.39 is 0 Å². The Labute approximate surface area is 143 Å². The van der Waals surface area contributed by atoms with Crippen molar-refractivity contribution < 1.29 is 14.0 Å². The molecule has 0 radical (unpaired) electrons. The molecule has 0 spiro atoms. The third-order valence-corrected chi connectivity index (χ3v) is 4.34. The molecule has 1 atom stereocenters. The van der Waals surface area contributed by atoms with Gasteiger partial charge in [-0.1, -0.05) is 6.07 Å². The minimum absolute atomic E-state index is 0.159. The highest BCUT2D eigenvalue weighted by Crippen LogP contribution is 2.16. The maximum atomic E-state index is 12.2. The van der Waals surface area contributed by atoms with Crippen molar-refractivity contribution in [2.45, 2.75) is 13.0 Å². The summed E-state index contributed by atoms with van der Waals surface area (Å²) in [4.78, 5) is 24.9. The van der Waals surface area contributed by atoms with Crippen LogP contribution in [0.15, 0.2) is 64.6 Å². The lowest BCUT2D eigenvalue weighted by atomic mass is 10.1. The van der Waals surface area contributed by atoms with Gasteiger partial charge in [-0.25, -0.2) is 0 Å². The van der Waals surface area contributed by atoms with Crippen LogP contribution < -0.4 is 10.6 Å². The van der Waals surface area contributed by atoms with Gasteiger partial charge in [0.15, 0.2) is 0 Å². The molecule has 0 bridgehead atoms. The highest BCUT2D eigenvalue weighted by molar-refractivity contribution is 7.12. The van der Waals surface area contributed by atoms with Crippen LogP contribution in [0, 0.1) is 0 Å². The van der Waals surface area contributed by atoms with Gasteiger partial charge in [0.1, 0.15) is 5.76 Å². The van der Waals surface area contributed by atoms with Crippen LogP contribution in [0.1, 0.15) is 38.8 Å². The third-order valence-electron chi connectivity index (χ3n) is 3.47. The molecule has 1 aromatic carbocycles. The molecular weight excluding hydrogens is 324 g/mol. The molecule has 6 heteroatoms. The summed E-state index contributed by atoms with van der Waals surface area (Å²) in [7, 11) is 0. The molecule has 0 aliphatic heterocycles. The van der Waals surface area contributed by atoms with Gasteiger partial charge in [0.05, 0.1) is 17.2 Å². The Morgan fingerprint density at radius 3 is 2.46 bits per heavy atom. The molecule has 0 saturated carbocycles. The number of anilines is 1. The normalized spacial score (nSPS) is 11.7. The highest BCUT2D eigenvalue weighted by Gasteiger charge is 2.13.